The molecule has 4 heteroatoms. The van der Waals surface area contributed by atoms with Crippen LogP contribution in [0.5, 0.6) is 0 Å². The number of rotatable bonds is 5. The lowest BCUT2D eigenvalue weighted by Crippen LogP contribution is -2.17. The Hall–Kier alpha value is -0.120. The van der Waals surface area contributed by atoms with Gasteiger partial charge in [0, 0.05) is 22.0 Å². The van der Waals surface area contributed by atoms with Crippen molar-refractivity contribution in [1.29, 1.82) is 0 Å². The van der Waals surface area contributed by atoms with Gasteiger partial charge in [-0.05, 0) is 32.0 Å². The summed E-state index contributed by atoms with van der Waals surface area (Å²) >= 11 is 9.01. The van der Waals surface area contributed by atoms with Crippen LogP contribution in [0.15, 0.2) is 22.7 Å². The van der Waals surface area contributed by atoms with Gasteiger partial charge in [-0.2, -0.15) is 0 Å². The summed E-state index contributed by atoms with van der Waals surface area (Å²) < 4.78 is 14.1. The molecule has 0 saturated heterocycles. The molecule has 0 heterocycles. The van der Waals surface area contributed by atoms with Crippen LogP contribution in [0.25, 0.3) is 0 Å². The first-order valence-electron chi connectivity index (χ1n) is 4.88. The number of benzene rings is 1. The molecule has 0 amide bonds. The summed E-state index contributed by atoms with van der Waals surface area (Å²) in [5, 5.41) is 3.31. The van der Waals surface area contributed by atoms with Gasteiger partial charge >= 0.3 is 0 Å². The van der Waals surface area contributed by atoms with Crippen LogP contribution in [-0.4, -0.2) is 11.9 Å². The molecule has 15 heavy (non-hydrogen) atoms. The van der Waals surface area contributed by atoms with Crippen molar-refractivity contribution in [2.45, 2.75) is 25.3 Å². The van der Waals surface area contributed by atoms with Gasteiger partial charge in [0.1, 0.15) is 5.82 Å². The second-order valence-corrected chi connectivity index (χ2v) is 5.14. The average molecular weight is 295 g/mol. The summed E-state index contributed by atoms with van der Waals surface area (Å²) in [5.74, 6) is -0.184. The van der Waals surface area contributed by atoms with Gasteiger partial charge in [0.05, 0.1) is 0 Å². The number of alkyl halides is 1. The summed E-state index contributed by atoms with van der Waals surface area (Å²) in [7, 11) is 0. The van der Waals surface area contributed by atoms with Gasteiger partial charge in [-0.15, -0.1) is 11.6 Å². The number of halogens is 3. The Morgan fingerprint density at radius 1 is 1.53 bits per heavy atom. The molecule has 0 aliphatic heterocycles. The predicted molar refractivity (Wildman–Crippen MR) is 65.7 cm³/mol. The Morgan fingerprint density at radius 3 is 2.87 bits per heavy atom. The average Bonchev–Trinajstić information content (AvgIpc) is 2.14. The van der Waals surface area contributed by atoms with Gasteiger partial charge in [0.25, 0.3) is 0 Å². The van der Waals surface area contributed by atoms with Gasteiger partial charge in [-0.1, -0.05) is 22.0 Å². The molecule has 84 valence electrons. The normalized spacial score (nSPS) is 12.8. The van der Waals surface area contributed by atoms with Crippen molar-refractivity contribution in [1.82, 2.24) is 5.32 Å². The Balaban J connectivity index is 2.37. The molecule has 0 fully saturated rings. The molecule has 0 radical (unpaired) electrons. The smallest absolute Gasteiger partial charge is 0.128 e. The third-order valence-corrected chi connectivity index (χ3v) is 2.76. The molecule has 1 rings (SSSR count). The van der Waals surface area contributed by atoms with E-state index in [0.29, 0.717) is 12.1 Å². The topological polar surface area (TPSA) is 12.0 Å². The summed E-state index contributed by atoms with van der Waals surface area (Å²) in [6.07, 6.45) is 0.889. The van der Waals surface area contributed by atoms with Crippen LogP contribution < -0.4 is 5.32 Å². The maximum atomic E-state index is 13.3. The van der Waals surface area contributed by atoms with E-state index >= 15 is 0 Å². The maximum absolute atomic E-state index is 13.3. The lowest BCUT2D eigenvalue weighted by atomic mass is 10.2. The first-order valence-corrected chi connectivity index (χ1v) is 6.11. The van der Waals surface area contributed by atoms with Crippen molar-refractivity contribution in [2.24, 2.45) is 0 Å². The molecule has 0 aliphatic rings. The molecular weight excluding hydrogens is 280 g/mol. The third-order valence-electron chi connectivity index (χ3n) is 2.05. The second kappa shape index (κ2) is 6.46. The fourth-order valence-corrected chi connectivity index (χ4v) is 1.63. The van der Waals surface area contributed by atoms with Gasteiger partial charge in [0.2, 0.25) is 0 Å². The highest BCUT2D eigenvalue weighted by Gasteiger charge is 2.02. The highest BCUT2D eigenvalue weighted by atomic mass is 79.9. The molecule has 1 aromatic carbocycles. The van der Waals surface area contributed by atoms with E-state index in [1.165, 1.54) is 6.07 Å². The largest absolute Gasteiger partial charge is 0.313 e. The minimum atomic E-state index is -0.184. The molecule has 1 aromatic rings. The molecular formula is C11H14BrClFN. The van der Waals surface area contributed by atoms with Crippen molar-refractivity contribution in [3.63, 3.8) is 0 Å². The van der Waals surface area contributed by atoms with E-state index < -0.39 is 0 Å². The van der Waals surface area contributed by atoms with E-state index in [9.17, 15) is 4.39 Å². The van der Waals surface area contributed by atoms with E-state index in [2.05, 4.69) is 21.2 Å². The molecule has 1 unspecified atom stereocenters. The van der Waals surface area contributed by atoms with Gasteiger partial charge in [0.15, 0.2) is 0 Å². The van der Waals surface area contributed by atoms with Crippen LogP contribution in [0.1, 0.15) is 18.9 Å². The first kappa shape index (κ1) is 12.9. The summed E-state index contributed by atoms with van der Waals surface area (Å²) in [4.78, 5) is 0. The fourth-order valence-electron chi connectivity index (χ4n) is 1.19. The monoisotopic (exact) mass is 293 g/mol. The van der Waals surface area contributed by atoms with Crippen molar-refractivity contribution >= 4 is 27.5 Å². The molecule has 0 bridgehead atoms. The Morgan fingerprint density at radius 2 is 2.27 bits per heavy atom. The van der Waals surface area contributed by atoms with Crippen LogP contribution in [0.4, 0.5) is 4.39 Å². The van der Waals surface area contributed by atoms with E-state index in [1.54, 1.807) is 6.07 Å². The first-order chi connectivity index (χ1) is 7.09. The van der Waals surface area contributed by atoms with Gasteiger partial charge in [-0.3, -0.25) is 0 Å². The lowest BCUT2D eigenvalue weighted by molar-refractivity contribution is 0.580. The van der Waals surface area contributed by atoms with Crippen LogP contribution in [0, 0.1) is 5.82 Å². The summed E-state index contributed by atoms with van der Waals surface area (Å²) in [5.41, 5.74) is 0.681. The van der Waals surface area contributed by atoms with Crippen molar-refractivity contribution in [2.75, 3.05) is 6.54 Å². The van der Waals surface area contributed by atoms with E-state index in [4.69, 9.17) is 11.6 Å². The second-order valence-electron chi connectivity index (χ2n) is 3.48. The van der Waals surface area contributed by atoms with E-state index in [-0.39, 0.29) is 11.2 Å². The Kier molecular flexibility index (Phi) is 5.58. The highest BCUT2D eigenvalue weighted by molar-refractivity contribution is 9.10. The molecule has 1 atom stereocenters. The maximum Gasteiger partial charge on any atom is 0.128 e. The van der Waals surface area contributed by atoms with Crippen LogP contribution in [0.3, 0.4) is 0 Å². The number of hydrogen-bond acceptors (Lipinski definition) is 1. The SMILES string of the molecule is CC(Cl)CCNCc1ccc(Br)cc1F. The highest BCUT2D eigenvalue weighted by Crippen LogP contribution is 2.15. The summed E-state index contributed by atoms with van der Waals surface area (Å²) in [6, 6.07) is 5.09. The molecule has 1 nitrogen and oxygen atoms in total. The van der Waals surface area contributed by atoms with Crippen LogP contribution in [0.2, 0.25) is 0 Å². The number of hydrogen-bond donors (Lipinski definition) is 1. The fraction of sp³-hybridized carbons (Fsp3) is 0.455. The zero-order valence-electron chi connectivity index (χ0n) is 8.56. The van der Waals surface area contributed by atoms with Crippen molar-refractivity contribution in [3.8, 4) is 0 Å². The Bertz CT molecular complexity index is 317. The third kappa shape index (κ3) is 4.96. The minimum absolute atomic E-state index is 0.160. The molecule has 0 saturated carbocycles. The van der Waals surface area contributed by atoms with Gasteiger partial charge in [-0.25, -0.2) is 4.39 Å². The zero-order chi connectivity index (χ0) is 11.3. The van der Waals surface area contributed by atoms with E-state index in [0.717, 1.165) is 17.4 Å². The standard InChI is InChI=1S/C11H14BrClFN/c1-8(13)4-5-15-7-9-2-3-10(12)6-11(9)14/h2-3,6,8,15H,4-5,7H2,1H3. The van der Waals surface area contributed by atoms with Crippen molar-refractivity contribution in [3.05, 3.63) is 34.1 Å². The minimum Gasteiger partial charge on any atom is -0.313 e. The predicted octanol–water partition coefficient (Wildman–Crippen LogP) is 3.70. The van der Waals surface area contributed by atoms with E-state index in [1.807, 2.05) is 13.0 Å². The molecule has 0 aromatic heterocycles. The zero-order valence-corrected chi connectivity index (χ0v) is 10.9. The van der Waals surface area contributed by atoms with Crippen LogP contribution >= 0.6 is 27.5 Å². The number of nitrogens with one attached hydrogen (secondary N) is 1. The molecule has 0 spiro atoms. The molecule has 0 aliphatic carbocycles. The quantitative estimate of drug-likeness (QED) is 0.645. The van der Waals surface area contributed by atoms with Gasteiger partial charge < -0.3 is 5.32 Å². The Labute approximate surface area is 103 Å². The summed E-state index contributed by atoms with van der Waals surface area (Å²) in [6.45, 7) is 3.30. The lowest BCUT2D eigenvalue weighted by Gasteiger charge is -2.07. The molecule has 1 N–H and O–H groups in total. The van der Waals surface area contributed by atoms with Crippen LogP contribution in [-0.2, 0) is 6.54 Å². The van der Waals surface area contributed by atoms with Crippen molar-refractivity contribution < 1.29 is 4.39 Å².